The minimum atomic E-state index is 0.429. The lowest BCUT2D eigenvalue weighted by atomic mass is 10.1. The number of likely N-dealkylation sites (tertiary alicyclic amines) is 1. The summed E-state index contributed by atoms with van der Waals surface area (Å²) < 4.78 is 4.76. The largest absolute Gasteiger partial charge is 0.296 e. The molecule has 1 aliphatic heterocycles. The van der Waals surface area contributed by atoms with Crippen molar-refractivity contribution in [3.05, 3.63) is 83.7 Å². The molecule has 0 radical (unpaired) electrons. The van der Waals surface area contributed by atoms with Crippen LogP contribution >= 0.6 is 12.2 Å². The van der Waals surface area contributed by atoms with Gasteiger partial charge in [-0.3, -0.25) is 9.47 Å². The summed E-state index contributed by atoms with van der Waals surface area (Å²) in [7, 11) is 0. The maximum absolute atomic E-state index is 5.76. The van der Waals surface area contributed by atoms with E-state index in [9.17, 15) is 0 Å². The van der Waals surface area contributed by atoms with Crippen LogP contribution in [0, 0.1) is 4.77 Å². The molecule has 1 saturated heterocycles. The highest BCUT2D eigenvalue weighted by Crippen LogP contribution is 2.32. The van der Waals surface area contributed by atoms with E-state index in [1.807, 2.05) is 29.0 Å². The van der Waals surface area contributed by atoms with Crippen molar-refractivity contribution in [1.82, 2.24) is 19.2 Å². The predicted molar refractivity (Wildman–Crippen MR) is 112 cm³/mol. The molecule has 1 aromatic heterocycles. The molecule has 0 aliphatic carbocycles. The molecule has 1 fully saturated rings. The van der Waals surface area contributed by atoms with Crippen molar-refractivity contribution < 1.29 is 0 Å². The van der Waals surface area contributed by atoms with Crippen molar-refractivity contribution in [3.8, 4) is 11.4 Å². The predicted octanol–water partition coefficient (Wildman–Crippen LogP) is 5.06. The van der Waals surface area contributed by atoms with Crippen molar-refractivity contribution in [2.75, 3.05) is 6.54 Å². The average molecular weight is 377 g/mol. The van der Waals surface area contributed by atoms with Crippen LogP contribution in [0.1, 0.15) is 24.4 Å². The van der Waals surface area contributed by atoms with Crippen LogP contribution in [0.25, 0.3) is 11.4 Å². The van der Waals surface area contributed by atoms with Gasteiger partial charge in [0.15, 0.2) is 10.6 Å². The quantitative estimate of drug-likeness (QED) is 0.444. The van der Waals surface area contributed by atoms with E-state index in [0.717, 1.165) is 22.7 Å². The second-order valence-electron chi connectivity index (χ2n) is 6.89. The summed E-state index contributed by atoms with van der Waals surface area (Å²) in [4.78, 5) is 2.48. The van der Waals surface area contributed by atoms with Crippen LogP contribution in [-0.4, -0.2) is 25.8 Å². The molecule has 138 valence electrons. The molecule has 0 saturated carbocycles. The van der Waals surface area contributed by atoms with Crippen LogP contribution in [-0.2, 0) is 13.2 Å². The topological polar surface area (TPSA) is 26.0 Å². The summed E-state index contributed by atoms with van der Waals surface area (Å²) in [5.74, 6) is 0.899. The maximum atomic E-state index is 5.76. The highest BCUT2D eigenvalue weighted by atomic mass is 32.1. The Morgan fingerprint density at radius 2 is 1.78 bits per heavy atom. The number of hydrogen-bond donors (Lipinski definition) is 0. The van der Waals surface area contributed by atoms with Gasteiger partial charge in [0.05, 0.1) is 6.67 Å². The second kappa shape index (κ2) is 8.03. The Balaban J connectivity index is 1.66. The zero-order valence-corrected chi connectivity index (χ0v) is 16.2. The van der Waals surface area contributed by atoms with E-state index in [0.29, 0.717) is 19.3 Å². The van der Waals surface area contributed by atoms with Crippen molar-refractivity contribution in [3.63, 3.8) is 0 Å². The molecule has 2 aromatic carbocycles. The normalized spacial score (nSPS) is 17.3. The van der Waals surface area contributed by atoms with Crippen LogP contribution in [0.4, 0.5) is 0 Å². The number of rotatable bonds is 6. The highest BCUT2D eigenvalue weighted by molar-refractivity contribution is 7.71. The molecule has 4 nitrogen and oxygen atoms in total. The Bertz CT molecular complexity index is 959. The second-order valence-corrected chi connectivity index (χ2v) is 7.26. The van der Waals surface area contributed by atoms with E-state index in [1.54, 1.807) is 0 Å². The SMILES string of the molecule is C=CCn1c(-c2ccccc2)nn(CN2CCC[C@@H]2c2ccccc2)c1=S. The summed E-state index contributed by atoms with van der Waals surface area (Å²) in [5.41, 5.74) is 2.44. The van der Waals surface area contributed by atoms with E-state index in [2.05, 4.69) is 58.5 Å². The van der Waals surface area contributed by atoms with E-state index in [1.165, 1.54) is 18.4 Å². The van der Waals surface area contributed by atoms with Gasteiger partial charge in [-0.15, -0.1) is 6.58 Å². The number of aromatic nitrogens is 3. The summed E-state index contributed by atoms with van der Waals surface area (Å²) in [6, 6.07) is 21.4. The molecule has 0 amide bonds. The van der Waals surface area contributed by atoms with Gasteiger partial charge < -0.3 is 0 Å². The molecule has 0 bridgehead atoms. The molecular formula is C22H24N4S. The van der Waals surface area contributed by atoms with Crippen molar-refractivity contribution in [2.45, 2.75) is 32.1 Å². The van der Waals surface area contributed by atoms with Gasteiger partial charge in [-0.2, -0.15) is 5.10 Å². The van der Waals surface area contributed by atoms with Gasteiger partial charge in [0.1, 0.15) is 0 Å². The molecular weight excluding hydrogens is 352 g/mol. The van der Waals surface area contributed by atoms with Crippen molar-refractivity contribution in [2.24, 2.45) is 0 Å². The first-order valence-corrected chi connectivity index (χ1v) is 9.81. The number of nitrogens with zero attached hydrogens (tertiary/aromatic N) is 4. The maximum Gasteiger partial charge on any atom is 0.199 e. The molecule has 27 heavy (non-hydrogen) atoms. The van der Waals surface area contributed by atoms with E-state index >= 15 is 0 Å². The summed E-state index contributed by atoms with van der Waals surface area (Å²) in [6.07, 6.45) is 4.25. The van der Waals surface area contributed by atoms with E-state index < -0.39 is 0 Å². The monoisotopic (exact) mass is 376 g/mol. The lowest BCUT2D eigenvalue weighted by Gasteiger charge is -2.24. The lowest BCUT2D eigenvalue weighted by Crippen LogP contribution is -2.27. The zero-order valence-electron chi connectivity index (χ0n) is 15.4. The average Bonchev–Trinajstić information content (AvgIpc) is 3.30. The van der Waals surface area contributed by atoms with Crippen molar-refractivity contribution in [1.29, 1.82) is 0 Å². The van der Waals surface area contributed by atoms with Crippen LogP contribution in [0.5, 0.6) is 0 Å². The van der Waals surface area contributed by atoms with Gasteiger partial charge >= 0.3 is 0 Å². The van der Waals surface area contributed by atoms with Crippen LogP contribution in [0.15, 0.2) is 73.3 Å². The number of benzene rings is 2. The molecule has 2 heterocycles. The van der Waals surface area contributed by atoms with Gasteiger partial charge in [0, 0.05) is 24.7 Å². The van der Waals surface area contributed by atoms with Crippen LogP contribution in [0.2, 0.25) is 0 Å². The number of hydrogen-bond acceptors (Lipinski definition) is 3. The van der Waals surface area contributed by atoms with E-state index in [4.69, 9.17) is 17.3 Å². The molecule has 0 spiro atoms. The van der Waals surface area contributed by atoms with Crippen LogP contribution < -0.4 is 0 Å². The summed E-state index contributed by atoms with van der Waals surface area (Å²) in [6.45, 7) is 6.32. The van der Waals surface area contributed by atoms with Crippen LogP contribution in [0.3, 0.4) is 0 Å². The Kier molecular flexibility index (Phi) is 5.32. The Labute approximate surface area is 165 Å². The number of allylic oxidation sites excluding steroid dienone is 1. The molecule has 1 aliphatic rings. The van der Waals surface area contributed by atoms with E-state index in [-0.39, 0.29) is 0 Å². The standard InChI is InChI=1S/C22H24N4S/c1-2-15-25-21(19-12-7-4-8-13-19)23-26(22(25)27)17-24-16-9-14-20(24)18-10-5-3-6-11-18/h2-8,10-13,20H,1,9,14-17H2/t20-/m1/s1. The van der Waals surface area contributed by atoms with Gasteiger partial charge in [-0.05, 0) is 30.6 Å². The van der Waals surface area contributed by atoms with Crippen molar-refractivity contribution >= 4 is 12.2 Å². The molecule has 4 rings (SSSR count). The first-order valence-electron chi connectivity index (χ1n) is 9.41. The first kappa shape index (κ1) is 17.9. The molecule has 0 N–H and O–H groups in total. The Morgan fingerprint density at radius 3 is 2.48 bits per heavy atom. The fourth-order valence-electron chi connectivity index (χ4n) is 3.85. The third kappa shape index (κ3) is 3.66. The fraction of sp³-hybridized carbons (Fsp3) is 0.273. The highest BCUT2D eigenvalue weighted by Gasteiger charge is 2.27. The van der Waals surface area contributed by atoms with Gasteiger partial charge in [0.25, 0.3) is 0 Å². The molecule has 3 aromatic rings. The van der Waals surface area contributed by atoms with Gasteiger partial charge in [-0.25, -0.2) is 4.68 Å². The molecule has 0 unspecified atom stereocenters. The fourth-order valence-corrected chi connectivity index (χ4v) is 4.11. The molecule has 1 atom stereocenters. The summed E-state index contributed by atoms with van der Waals surface area (Å²) >= 11 is 5.76. The first-order chi connectivity index (χ1) is 13.3. The minimum Gasteiger partial charge on any atom is -0.296 e. The van der Waals surface area contributed by atoms with Gasteiger partial charge in [0.2, 0.25) is 0 Å². The smallest absolute Gasteiger partial charge is 0.199 e. The third-order valence-electron chi connectivity index (χ3n) is 5.13. The lowest BCUT2D eigenvalue weighted by molar-refractivity contribution is 0.190. The Morgan fingerprint density at radius 1 is 1.07 bits per heavy atom. The zero-order chi connectivity index (χ0) is 18.6. The summed E-state index contributed by atoms with van der Waals surface area (Å²) in [5, 5.41) is 4.88. The minimum absolute atomic E-state index is 0.429. The molecule has 5 heteroatoms. The third-order valence-corrected chi connectivity index (χ3v) is 5.56. The Hall–Kier alpha value is -2.50. The van der Waals surface area contributed by atoms with Gasteiger partial charge in [-0.1, -0.05) is 66.7 Å².